The lowest BCUT2D eigenvalue weighted by molar-refractivity contribution is 0.524. The van der Waals surface area contributed by atoms with Gasteiger partial charge in [-0.2, -0.15) is 0 Å². The molecule has 74 valence electrons. The number of hydrogen-bond acceptors (Lipinski definition) is 2. The summed E-state index contributed by atoms with van der Waals surface area (Å²) in [5.41, 5.74) is 1.20. The third kappa shape index (κ3) is 0.937. The molecule has 1 aromatic heterocycles. The van der Waals surface area contributed by atoms with E-state index >= 15 is 0 Å². The van der Waals surface area contributed by atoms with Gasteiger partial charge < -0.3 is 4.98 Å². The van der Waals surface area contributed by atoms with Crippen LogP contribution in [0.2, 0.25) is 0 Å². The van der Waals surface area contributed by atoms with Crippen LogP contribution in [0.5, 0.6) is 0 Å². The van der Waals surface area contributed by atoms with Crippen LogP contribution in [-0.2, 0) is 6.42 Å². The lowest BCUT2D eigenvalue weighted by Crippen LogP contribution is -2.26. The van der Waals surface area contributed by atoms with Crippen molar-refractivity contribution in [2.75, 3.05) is 0 Å². The summed E-state index contributed by atoms with van der Waals surface area (Å²) in [6.45, 7) is 0. The van der Waals surface area contributed by atoms with Crippen molar-refractivity contribution in [3.8, 4) is 0 Å². The Morgan fingerprint density at radius 2 is 2.00 bits per heavy atom. The maximum atomic E-state index is 11.6. The highest BCUT2D eigenvalue weighted by molar-refractivity contribution is 5.29. The summed E-state index contributed by atoms with van der Waals surface area (Å²) < 4.78 is 0. The van der Waals surface area contributed by atoms with E-state index in [1.807, 2.05) is 0 Å². The average molecular weight is 192 g/mol. The molecule has 0 aromatic carbocycles. The van der Waals surface area contributed by atoms with Crippen LogP contribution in [0.15, 0.2) is 9.59 Å². The fraction of sp³-hybridized carbons (Fsp3) is 0.600. The Bertz CT molecular complexity index is 486. The van der Waals surface area contributed by atoms with Crippen molar-refractivity contribution in [3.05, 3.63) is 32.1 Å². The van der Waals surface area contributed by atoms with Crippen LogP contribution in [0.25, 0.3) is 0 Å². The first-order chi connectivity index (χ1) is 6.75. The van der Waals surface area contributed by atoms with Crippen LogP contribution < -0.4 is 11.2 Å². The molecule has 0 spiro atoms. The van der Waals surface area contributed by atoms with Gasteiger partial charge in [-0.25, -0.2) is 4.79 Å². The maximum Gasteiger partial charge on any atom is 0.325 e. The van der Waals surface area contributed by atoms with Crippen LogP contribution in [0, 0.1) is 5.92 Å². The molecule has 4 heteroatoms. The Balaban J connectivity index is 2.24. The summed E-state index contributed by atoms with van der Waals surface area (Å²) in [4.78, 5) is 27.7. The number of hydrogen-bond donors (Lipinski definition) is 2. The van der Waals surface area contributed by atoms with Gasteiger partial charge in [0.05, 0.1) is 0 Å². The van der Waals surface area contributed by atoms with Gasteiger partial charge in [0.1, 0.15) is 0 Å². The van der Waals surface area contributed by atoms with Crippen molar-refractivity contribution in [2.45, 2.75) is 31.6 Å². The topological polar surface area (TPSA) is 65.7 Å². The van der Waals surface area contributed by atoms with Crippen molar-refractivity contribution >= 4 is 0 Å². The molecule has 2 atom stereocenters. The quantitative estimate of drug-likeness (QED) is 0.628. The van der Waals surface area contributed by atoms with Crippen molar-refractivity contribution in [1.29, 1.82) is 0 Å². The molecule has 14 heavy (non-hydrogen) atoms. The molecule has 0 amide bonds. The molecule has 2 aliphatic carbocycles. The Morgan fingerprint density at radius 3 is 2.86 bits per heavy atom. The summed E-state index contributed by atoms with van der Waals surface area (Å²) in [7, 11) is 0. The zero-order valence-electron chi connectivity index (χ0n) is 7.80. The number of rotatable bonds is 0. The van der Waals surface area contributed by atoms with Crippen LogP contribution >= 0.6 is 0 Å². The van der Waals surface area contributed by atoms with Gasteiger partial charge in [-0.3, -0.25) is 9.78 Å². The van der Waals surface area contributed by atoms with Crippen molar-refractivity contribution in [2.24, 2.45) is 5.92 Å². The SMILES string of the molecule is O=c1[nH]c2c(c(=O)[nH]1)C1CCCC1C2. The van der Waals surface area contributed by atoms with Crippen molar-refractivity contribution in [3.63, 3.8) is 0 Å². The molecule has 0 saturated heterocycles. The van der Waals surface area contributed by atoms with Gasteiger partial charge in [0.2, 0.25) is 0 Å². The summed E-state index contributed by atoms with van der Waals surface area (Å²) >= 11 is 0. The Labute approximate surface area is 80.4 Å². The lowest BCUT2D eigenvalue weighted by atomic mass is 9.97. The van der Waals surface area contributed by atoms with Gasteiger partial charge >= 0.3 is 5.69 Å². The highest BCUT2D eigenvalue weighted by Crippen LogP contribution is 2.45. The van der Waals surface area contributed by atoms with Gasteiger partial charge in [0, 0.05) is 11.3 Å². The molecule has 2 N–H and O–H groups in total. The summed E-state index contributed by atoms with van der Waals surface area (Å²) in [5.74, 6) is 1.01. The monoisotopic (exact) mass is 192 g/mol. The van der Waals surface area contributed by atoms with E-state index < -0.39 is 0 Å². The van der Waals surface area contributed by atoms with E-state index in [9.17, 15) is 9.59 Å². The molecule has 1 heterocycles. The third-order valence-electron chi connectivity index (χ3n) is 3.56. The second-order valence-electron chi connectivity index (χ2n) is 4.30. The fourth-order valence-corrected chi connectivity index (χ4v) is 3.02. The first kappa shape index (κ1) is 8.03. The highest BCUT2D eigenvalue weighted by atomic mass is 16.2. The van der Waals surface area contributed by atoms with E-state index in [1.165, 1.54) is 12.8 Å². The molecular weight excluding hydrogens is 180 g/mol. The molecular formula is C10H12N2O2. The number of nitrogens with one attached hydrogen (secondary N) is 2. The Morgan fingerprint density at radius 1 is 1.14 bits per heavy atom. The number of aromatic amines is 2. The highest BCUT2D eigenvalue weighted by Gasteiger charge is 2.38. The van der Waals surface area contributed by atoms with E-state index in [0.717, 1.165) is 24.1 Å². The van der Waals surface area contributed by atoms with Gasteiger partial charge in [0.15, 0.2) is 0 Å². The molecule has 1 fully saturated rings. The minimum atomic E-state index is -0.367. The number of fused-ring (bicyclic) bond motifs is 3. The first-order valence-electron chi connectivity index (χ1n) is 5.11. The minimum Gasteiger partial charge on any atom is -0.311 e. The molecule has 2 unspecified atom stereocenters. The van der Waals surface area contributed by atoms with Crippen LogP contribution in [0.3, 0.4) is 0 Å². The van der Waals surface area contributed by atoms with E-state index in [2.05, 4.69) is 9.97 Å². The van der Waals surface area contributed by atoms with E-state index in [4.69, 9.17) is 0 Å². The number of H-pyrrole nitrogens is 2. The zero-order chi connectivity index (χ0) is 9.71. The maximum absolute atomic E-state index is 11.6. The first-order valence-corrected chi connectivity index (χ1v) is 5.11. The largest absolute Gasteiger partial charge is 0.325 e. The lowest BCUT2D eigenvalue weighted by Gasteiger charge is -2.06. The summed E-state index contributed by atoms with van der Waals surface area (Å²) in [5, 5.41) is 0. The molecule has 3 rings (SSSR count). The molecule has 1 aromatic rings. The predicted molar refractivity (Wildman–Crippen MR) is 51.5 cm³/mol. The third-order valence-corrected chi connectivity index (χ3v) is 3.56. The molecule has 1 saturated carbocycles. The second-order valence-corrected chi connectivity index (χ2v) is 4.30. The van der Waals surface area contributed by atoms with E-state index in [0.29, 0.717) is 11.8 Å². The Kier molecular flexibility index (Phi) is 1.48. The molecule has 2 aliphatic rings. The molecule has 0 bridgehead atoms. The van der Waals surface area contributed by atoms with Crippen LogP contribution in [0.4, 0.5) is 0 Å². The second kappa shape index (κ2) is 2.59. The predicted octanol–water partition coefficient (Wildman–Crippen LogP) is 0.503. The van der Waals surface area contributed by atoms with Gasteiger partial charge in [0.25, 0.3) is 5.56 Å². The molecule has 0 aliphatic heterocycles. The smallest absolute Gasteiger partial charge is 0.311 e. The fourth-order valence-electron chi connectivity index (χ4n) is 3.02. The van der Waals surface area contributed by atoms with E-state index in [-0.39, 0.29) is 11.2 Å². The normalized spacial score (nSPS) is 28.9. The van der Waals surface area contributed by atoms with Crippen LogP contribution in [-0.4, -0.2) is 9.97 Å². The zero-order valence-corrected chi connectivity index (χ0v) is 7.80. The Hall–Kier alpha value is -1.32. The van der Waals surface area contributed by atoms with Crippen molar-refractivity contribution < 1.29 is 0 Å². The van der Waals surface area contributed by atoms with Crippen LogP contribution in [0.1, 0.15) is 36.4 Å². The van der Waals surface area contributed by atoms with Crippen molar-refractivity contribution in [1.82, 2.24) is 9.97 Å². The minimum absolute atomic E-state index is 0.168. The van der Waals surface area contributed by atoms with Gasteiger partial charge in [-0.15, -0.1) is 0 Å². The number of aromatic nitrogens is 2. The standard InChI is InChI=1S/C10H12N2O2/c13-9-8-6-3-1-2-5(6)4-7(8)11-10(14)12-9/h5-6H,1-4H2,(H2,11,12,13,14). The molecule has 4 nitrogen and oxygen atoms in total. The average Bonchev–Trinajstić information content (AvgIpc) is 2.60. The summed E-state index contributed by atoms with van der Waals surface area (Å²) in [6.07, 6.45) is 4.40. The van der Waals surface area contributed by atoms with Gasteiger partial charge in [-0.05, 0) is 31.1 Å². The molecule has 0 radical (unpaired) electrons. The summed E-state index contributed by atoms with van der Waals surface area (Å²) in [6, 6.07) is 0. The van der Waals surface area contributed by atoms with E-state index in [1.54, 1.807) is 0 Å². The van der Waals surface area contributed by atoms with Gasteiger partial charge in [-0.1, -0.05) is 6.42 Å².